The number of benzene rings is 3. The molecule has 0 aliphatic carbocycles. The summed E-state index contributed by atoms with van der Waals surface area (Å²) in [6, 6.07) is 23.6. The summed E-state index contributed by atoms with van der Waals surface area (Å²) in [6.07, 6.45) is 1.74. The molecule has 160 valence electrons. The minimum atomic E-state index is 0.548. The summed E-state index contributed by atoms with van der Waals surface area (Å²) in [4.78, 5) is 9.66. The molecule has 1 aromatic heterocycles. The van der Waals surface area contributed by atoms with Gasteiger partial charge in [-0.3, -0.25) is 5.43 Å². The molecule has 0 aliphatic rings. The highest BCUT2D eigenvalue weighted by Gasteiger charge is 2.10. The number of fused-ring (bicyclic) bond motifs is 1. The van der Waals surface area contributed by atoms with Crippen LogP contribution in [-0.4, -0.2) is 24.1 Å². The molecule has 7 heteroatoms. The SMILES string of the molecule is COc1ccc(C=NNC(=Nc2c(C)cc(Br)cc2Br)c2ccc3ccccc3n2)cc1. The van der Waals surface area contributed by atoms with Gasteiger partial charge in [0.25, 0.3) is 0 Å². The molecule has 0 spiro atoms. The largest absolute Gasteiger partial charge is 0.497 e. The van der Waals surface area contributed by atoms with Gasteiger partial charge in [0, 0.05) is 14.3 Å². The minimum Gasteiger partial charge on any atom is -0.497 e. The highest BCUT2D eigenvalue weighted by Crippen LogP contribution is 2.33. The van der Waals surface area contributed by atoms with E-state index in [1.54, 1.807) is 13.3 Å². The maximum atomic E-state index is 5.21. The van der Waals surface area contributed by atoms with Gasteiger partial charge in [-0.2, -0.15) is 5.10 Å². The molecule has 0 bridgehead atoms. The third kappa shape index (κ3) is 5.23. The molecule has 0 unspecified atom stereocenters. The zero-order valence-corrected chi connectivity index (χ0v) is 20.7. The number of nitrogens with zero attached hydrogens (tertiary/aromatic N) is 3. The number of aryl methyl sites for hydroxylation is 1. The van der Waals surface area contributed by atoms with Gasteiger partial charge in [-0.15, -0.1) is 0 Å². The van der Waals surface area contributed by atoms with Crippen LogP contribution in [0.3, 0.4) is 0 Å². The van der Waals surface area contributed by atoms with Crippen LogP contribution in [0.1, 0.15) is 16.8 Å². The van der Waals surface area contributed by atoms with Crippen LogP contribution in [0.5, 0.6) is 5.75 Å². The van der Waals surface area contributed by atoms with Crippen LogP contribution in [0.15, 0.2) is 91.8 Å². The number of nitrogens with one attached hydrogen (secondary N) is 1. The van der Waals surface area contributed by atoms with E-state index in [0.29, 0.717) is 11.5 Å². The van der Waals surface area contributed by atoms with Crippen molar-refractivity contribution in [3.05, 3.63) is 98.6 Å². The number of pyridine rings is 1. The number of para-hydroxylation sites is 1. The van der Waals surface area contributed by atoms with Crippen molar-refractivity contribution in [3.8, 4) is 5.75 Å². The standard InChI is InChI=1S/C25H20Br2N4O/c1-16-13-19(26)14-21(27)24(16)30-25(23-12-9-18-5-3-4-6-22(18)29-23)31-28-15-17-7-10-20(32-2)11-8-17/h3-15H,1-2H3,(H,30,31). The van der Waals surface area contributed by atoms with Crippen molar-refractivity contribution >= 4 is 60.5 Å². The highest BCUT2D eigenvalue weighted by atomic mass is 79.9. The monoisotopic (exact) mass is 550 g/mol. The Bertz CT molecular complexity index is 1290. The average Bonchev–Trinajstić information content (AvgIpc) is 2.80. The third-order valence-electron chi connectivity index (χ3n) is 4.78. The number of aliphatic imine (C=N–C) groups is 1. The number of aromatic nitrogens is 1. The second kappa shape index (κ2) is 10.1. The van der Waals surface area contributed by atoms with Crippen molar-refractivity contribution in [2.24, 2.45) is 10.1 Å². The van der Waals surface area contributed by atoms with Crippen LogP contribution in [0, 0.1) is 6.92 Å². The Kier molecular flexibility index (Phi) is 6.97. The fraction of sp³-hybridized carbons (Fsp3) is 0.0800. The molecule has 0 saturated carbocycles. The number of rotatable bonds is 5. The van der Waals surface area contributed by atoms with Crippen LogP contribution in [0.25, 0.3) is 10.9 Å². The third-order valence-corrected chi connectivity index (χ3v) is 5.85. The molecule has 32 heavy (non-hydrogen) atoms. The summed E-state index contributed by atoms with van der Waals surface area (Å²) < 4.78 is 7.07. The first-order valence-electron chi connectivity index (χ1n) is 9.87. The Balaban J connectivity index is 1.72. The summed E-state index contributed by atoms with van der Waals surface area (Å²) in [7, 11) is 1.65. The number of hydrogen-bond donors (Lipinski definition) is 1. The van der Waals surface area contributed by atoms with E-state index >= 15 is 0 Å². The minimum absolute atomic E-state index is 0.548. The van der Waals surface area contributed by atoms with Crippen molar-refractivity contribution in [2.75, 3.05) is 7.11 Å². The lowest BCUT2D eigenvalue weighted by Crippen LogP contribution is -2.20. The lowest BCUT2D eigenvalue weighted by atomic mass is 10.2. The van der Waals surface area contributed by atoms with Gasteiger partial charge in [0.1, 0.15) is 11.4 Å². The van der Waals surface area contributed by atoms with Crippen LogP contribution in [0.2, 0.25) is 0 Å². The maximum Gasteiger partial charge on any atom is 0.173 e. The normalized spacial score (nSPS) is 11.8. The predicted octanol–water partition coefficient (Wildman–Crippen LogP) is 6.78. The molecule has 0 radical (unpaired) electrons. The first-order valence-corrected chi connectivity index (χ1v) is 11.5. The molecule has 0 amide bonds. The highest BCUT2D eigenvalue weighted by molar-refractivity contribution is 9.11. The van der Waals surface area contributed by atoms with E-state index in [1.165, 1.54) is 0 Å². The van der Waals surface area contributed by atoms with Crippen LogP contribution >= 0.6 is 31.9 Å². The van der Waals surface area contributed by atoms with Gasteiger partial charge >= 0.3 is 0 Å². The first-order chi connectivity index (χ1) is 15.5. The van der Waals surface area contributed by atoms with Gasteiger partial charge < -0.3 is 4.74 Å². The Morgan fingerprint density at radius 3 is 2.53 bits per heavy atom. The van der Waals surface area contributed by atoms with Gasteiger partial charge in [-0.25, -0.2) is 9.98 Å². The number of amidine groups is 1. The van der Waals surface area contributed by atoms with Crippen LogP contribution in [-0.2, 0) is 0 Å². The van der Waals surface area contributed by atoms with E-state index in [9.17, 15) is 0 Å². The molecule has 5 nitrogen and oxygen atoms in total. The van der Waals surface area contributed by atoms with E-state index in [2.05, 4.69) is 42.4 Å². The molecular weight excluding hydrogens is 532 g/mol. The number of halogens is 2. The topological polar surface area (TPSA) is 58.9 Å². The number of ether oxygens (including phenoxy) is 1. The van der Waals surface area contributed by atoms with Crippen molar-refractivity contribution in [1.82, 2.24) is 10.4 Å². The molecule has 0 atom stereocenters. The van der Waals surface area contributed by atoms with Crippen molar-refractivity contribution in [3.63, 3.8) is 0 Å². The molecule has 1 N–H and O–H groups in total. The molecule has 0 saturated heterocycles. The number of hydrogen-bond acceptors (Lipinski definition) is 4. The smallest absolute Gasteiger partial charge is 0.173 e. The van der Waals surface area contributed by atoms with Gasteiger partial charge in [0.15, 0.2) is 5.84 Å². The fourth-order valence-electron chi connectivity index (χ4n) is 3.14. The zero-order valence-electron chi connectivity index (χ0n) is 17.5. The van der Waals surface area contributed by atoms with Crippen molar-refractivity contribution in [1.29, 1.82) is 0 Å². The maximum absolute atomic E-state index is 5.21. The van der Waals surface area contributed by atoms with Crippen LogP contribution < -0.4 is 10.2 Å². The summed E-state index contributed by atoms with van der Waals surface area (Å²) >= 11 is 7.15. The lowest BCUT2D eigenvalue weighted by molar-refractivity contribution is 0.415. The van der Waals surface area contributed by atoms with Crippen molar-refractivity contribution < 1.29 is 4.74 Å². The van der Waals surface area contributed by atoms with E-state index in [-0.39, 0.29) is 0 Å². The second-order valence-electron chi connectivity index (χ2n) is 7.05. The van der Waals surface area contributed by atoms with E-state index in [0.717, 1.165) is 42.4 Å². The number of methoxy groups -OCH3 is 1. The lowest BCUT2D eigenvalue weighted by Gasteiger charge is -2.10. The van der Waals surface area contributed by atoms with Gasteiger partial charge in [0.2, 0.25) is 0 Å². The summed E-state index contributed by atoms with van der Waals surface area (Å²) in [6.45, 7) is 2.01. The molecule has 4 rings (SSSR count). The first kappa shape index (κ1) is 22.2. The van der Waals surface area contributed by atoms with E-state index < -0.39 is 0 Å². The molecule has 0 aliphatic heterocycles. The summed E-state index contributed by atoms with van der Waals surface area (Å²) in [5.74, 6) is 1.35. The predicted molar refractivity (Wildman–Crippen MR) is 138 cm³/mol. The van der Waals surface area contributed by atoms with Gasteiger partial charge in [0.05, 0.1) is 24.5 Å². The Morgan fingerprint density at radius 2 is 1.78 bits per heavy atom. The zero-order chi connectivity index (χ0) is 22.5. The molecule has 3 aromatic carbocycles. The molecule has 0 fully saturated rings. The van der Waals surface area contributed by atoms with Crippen molar-refractivity contribution in [2.45, 2.75) is 6.92 Å². The average molecular weight is 552 g/mol. The Hall–Kier alpha value is -3.03. The summed E-state index contributed by atoms with van der Waals surface area (Å²) in [5.41, 5.74) is 7.45. The molecule has 4 aromatic rings. The van der Waals surface area contributed by atoms with E-state index in [1.807, 2.05) is 79.7 Å². The Labute approximate surface area is 203 Å². The van der Waals surface area contributed by atoms with Gasteiger partial charge in [-0.1, -0.05) is 40.2 Å². The van der Waals surface area contributed by atoms with Gasteiger partial charge in [-0.05, 0) is 82.5 Å². The van der Waals surface area contributed by atoms with Crippen LogP contribution in [0.4, 0.5) is 5.69 Å². The van der Waals surface area contributed by atoms with E-state index in [4.69, 9.17) is 14.7 Å². The fourth-order valence-corrected chi connectivity index (χ4v) is 4.67. The molecular formula is C25H20Br2N4O. The second-order valence-corrected chi connectivity index (χ2v) is 8.82. The summed E-state index contributed by atoms with van der Waals surface area (Å²) in [5, 5.41) is 5.48. The number of hydrazone groups is 1. The quantitative estimate of drug-likeness (QED) is 0.169. The molecule has 1 heterocycles. The Morgan fingerprint density at radius 1 is 1.00 bits per heavy atom.